The third kappa shape index (κ3) is 4.23. The smallest absolute Gasteiger partial charge is 0.111 e. The summed E-state index contributed by atoms with van der Waals surface area (Å²) in [6.45, 7) is 11.3. The molecule has 1 aromatic carbocycles. The van der Waals surface area contributed by atoms with E-state index in [0.717, 1.165) is 19.0 Å². The molecular formula is C20H29N3. The molecule has 0 amide bonds. The van der Waals surface area contributed by atoms with Gasteiger partial charge in [0.2, 0.25) is 0 Å². The summed E-state index contributed by atoms with van der Waals surface area (Å²) < 4.78 is 2.37. The van der Waals surface area contributed by atoms with Gasteiger partial charge in [0, 0.05) is 31.4 Å². The van der Waals surface area contributed by atoms with E-state index in [-0.39, 0.29) is 0 Å². The average molecular weight is 311 g/mol. The van der Waals surface area contributed by atoms with Gasteiger partial charge in [-0.15, -0.1) is 0 Å². The van der Waals surface area contributed by atoms with Crippen molar-refractivity contribution >= 4 is 0 Å². The van der Waals surface area contributed by atoms with Crippen molar-refractivity contribution in [2.45, 2.75) is 52.6 Å². The van der Waals surface area contributed by atoms with E-state index in [0.29, 0.717) is 5.92 Å². The number of imidazole rings is 1. The molecule has 0 atom stereocenters. The number of nitrogens with zero attached hydrogens (tertiary/aromatic N) is 3. The van der Waals surface area contributed by atoms with Crippen LogP contribution in [0.2, 0.25) is 0 Å². The Morgan fingerprint density at radius 2 is 2.00 bits per heavy atom. The first kappa shape index (κ1) is 16.3. The summed E-state index contributed by atoms with van der Waals surface area (Å²) in [6.07, 6.45) is 6.68. The van der Waals surface area contributed by atoms with Crippen molar-refractivity contribution in [3.63, 3.8) is 0 Å². The van der Waals surface area contributed by atoms with E-state index >= 15 is 0 Å². The minimum absolute atomic E-state index is 0.506. The zero-order chi connectivity index (χ0) is 16.2. The van der Waals surface area contributed by atoms with Gasteiger partial charge >= 0.3 is 0 Å². The van der Waals surface area contributed by atoms with Crippen LogP contribution in [0.25, 0.3) is 0 Å². The van der Waals surface area contributed by atoms with Crippen molar-refractivity contribution in [1.82, 2.24) is 14.5 Å². The zero-order valence-electron chi connectivity index (χ0n) is 14.7. The van der Waals surface area contributed by atoms with E-state index in [1.54, 1.807) is 0 Å². The summed E-state index contributed by atoms with van der Waals surface area (Å²) in [5.41, 5.74) is 2.80. The molecule has 124 valence electrons. The highest BCUT2D eigenvalue weighted by atomic mass is 15.1. The standard InChI is InChI=1S/C20H29N3/c1-16(2)20-21-9-12-23(20)15-18-7-10-22(11-8-18)14-19-6-4-5-17(3)13-19/h4-6,9,12-13,16,18H,7-8,10-11,14-15H2,1-3H3. The highest BCUT2D eigenvalue weighted by molar-refractivity contribution is 5.22. The number of piperidine rings is 1. The summed E-state index contributed by atoms with van der Waals surface area (Å²) in [5, 5.41) is 0. The van der Waals surface area contributed by atoms with Crippen molar-refractivity contribution < 1.29 is 0 Å². The van der Waals surface area contributed by atoms with Crippen LogP contribution in [0.3, 0.4) is 0 Å². The van der Waals surface area contributed by atoms with Crippen molar-refractivity contribution in [3.8, 4) is 0 Å². The van der Waals surface area contributed by atoms with Crippen LogP contribution in [-0.4, -0.2) is 27.5 Å². The van der Waals surface area contributed by atoms with Gasteiger partial charge in [0.15, 0.2) is 0 Å². The summed E-state index contributed by atoms with van der Waals surface area (Å²) in [6, 6.07) is 8.91. The topological polar surface area (TPSA) is 21.1 Å². The number of likely N-dealkylation sites (tertiary alicyclic amines) is 1. The normalized spacial score (nSPS) is 17.0. The summed E-state index contributed by atoms with van der Waals surface area (Å²) in [7, 11) is 0. The first-order valence-corrected chi connectivity index (χ1v) is 8.90. The monoisotopic (exact) mass is 311 g/mol. The van der Waals surface area contributed by atoms with Crippen LogP contribution in [-0.2, 0) is 13.1 Å². The van der Waals surface area contributed by atoms with Gasteiger partial charge in [-0.25, -0.2) is 4.98 Å². The number of hydrogen-bond donors (Lipinski definition) is 0. The van der Waals surface area contributed by atoms with E-state index < -0.39 is 0 Å². The van der Waals surface area contributed by atoms with Crippen LogP contribution in [0.4, 0.5) is 0 Å². The predicted molar refractivity (Wildman–Crippen MR) is 95.5 cm³/mol. The number of benzene rings is 1. The van der Waals surface area contributed by atoms with Crippen LogP contribution in [0, 0.1) is 12.8 Å². The van der Waals surface area contributed by atoms with E-state index in [2.05, 4.69) is 65.7 Å². The molecule has 0 aliphatic carbocycles. The first-order chi connectivity index (χ1) is 11.1. The van der Waals surface area contributed by atoms with Gasteiger partial charge in [-0.3, -0.25) is 4.90 Å². The SMILES string of the molecule is Cc1cccc(CN2CCC(Cn3ccnc3C(C)C)CC2)c1. The number of hydrogen-bond acceptors (Lipinski definition) is 2. The van der Waals surface area contributed by atoms with Crippen molar-refractivity contribution in [1.29, 1.82) is 0 Å². The molecule has 1 aromatic heterocycles. The van der Waals surface area contributed by atoms with Crippen LogP contribution in [0.5, 0.6) is 0 Å². The number of rotatable bonds is 5. The van der Waals surface area contributed by atoms with Crippen molar-refractivity contribution in [2.75, 3.05) is 13.1 Å². The molecule has 0 unspecified atom stereocenters. The fraction of sp³-hybridized carbons (Fsp3) is 0.550. The molecule has 0 radical (unpaired) electrons. The van der Waals surface area contributed by atoms with Gasteiger partial charge < -0.3 is 4.57 Å². The van der Waals surface area contributed by atoms with E-state index in [1.807, 2.05) is 6.20 Å². The minimum atomic E-state index is 0.506. The summed E-state index contributed by atoms with van der Waals surface area (Å²) in [4.78, 5) is 7.11. The second kappa shape index (κ2) is 7.31. The lowest BCUT2D eigenvalue weighted by molar-refractivity contribution is 0.166. The predicted octanol–water partition coefficient (Wildman–Crippen LogP) is 4.23. The number of aromatic nitrogens is 2. The molecule has 0 spiro atoms. The van der Waals surface area contributed by atoms with Gasteiger partial charge in [-0.05, 0) is 44.3 Å². The molecule has 0 N–H and O–H groups in total. The Morgan fingerprint density at radius 3 is 2.70 bits per heavy atom. The molecule has 2 heterocycles. The highest BCUT2D eigenvalue weighted by Crippen LogP contribution is 2.23. The van der Waals surface area contributed by atoms with Gasteiger partial charge in [-0.1, -0.05) is 43.7 Å². The van der Waals surface area contributed by atoms with Crippen LogP contribution in [0.1, 0.15) is 49.6 Å². The third-order valence-corrected chi connectivity index (χ3v) is 4.91. The lowest BCUT2D eigenvalue weighted by atomic mass is 9.96. The Kier molecular flexibility index (Phi) is 5.16. The fourth-order valence-corrected chi connectivity index (χ4v) is 3.65. The Labute approximate surface area is 140 Å². The molecule has 1 saturated heterocycles. The summed E-state index contributed by atoms with van der Waals surface area (Å²) in [5.74, 6) is 2.52. The van der Waals surface area contributed by atoms with Crippen LogP contribution < -0.4 is 0 Å². The Bertz CT molecular complexity index is 621. The maximum Gasteiger partial charge on any atom is 0.111 e. The molecule has 3 nitrogen and oxygen atoms in total. The van der Waals surface area contributed by atoms with Gasteiger partial charge in [0.25, 0.3) is 0 Å². The molecule has 3 rings (SSSR count). The third-order valence-electron chi connectivity index (χ3n) is 4.91. The van der Waals surface area contributed by atoms with Gasteiger partial charge in [-0.2, -0.15) is 0 Å². The Hall–Kier alpha value is -1.61. The van der Waals surface area contributed by atoms with E-state index in [1.165, 1.54) is 42.9 Å². The molecule has 1 fully saturated rings. The van der Waals surface area contributed by atoms with Crippen LogP contribution in [0.15, 0.2) is 36.7 Å². The molecule has 2 aromatic rings. The van der Waals surface area contributed by atoms with Crippen LogP contribution >= 0.6 is 0 Å². The maximum absolute atomic E-state index is 4.51. The second-order valence-electron chi connectivity index (χ2n) is 7.30. The van der Waals surface area contributed by atoms with Gasteiger partial charge in [0.1, 0.15) is 5.82 Å². The number of aryl methyl sites for hydroxylation is 1. The molecule has 1 aliphatic heterocycles. The van der Waals surface area contributed by atoms with E-state index in [4.69, 9.17) is 0 Å². The zero-order valence-corrected chi connectivity index (χ0v) is 14.7. The molecule has 23 heavy (non-hydrogen) atoms. The lowest BCUT2D eigenvalue weighted by Gasteiger charge is -2.32. The first-order valence-electron chi connectivity index (χ1n) is 8.90. The Balaban J connectivity index is 1.51. The summed E-state index contributed by atoms with van der Waals surface area (Å²) >= 11 is 0. The second-order valence-corrected chi connectivity index (χ2v) is 7.30. The molecular weight excluding hydrogens is 282 g/mol. The molecule has 3 heteroatoms. The van der Waals surface area contributed by atoms with Crippen molar-refractivity contribution in [2.24, 2.45) is 5.92 Å². The quantitative estimate of drug-likeness (QED) is 0.824. The molecule has 0 saturated carbocycles. The van der Waals surface area contributed by atoms with E-state index in [9.17, 15) is 0 Å². The minimum Gasteiger partial charge on any atom is -0.334 e. The Morgan fingerprint density at radius 1 is 1.22 bits per heavy atom. The largest absolute Gasteiger partial charge is 0.334 e. The molecule has 0 bridgehead atoms. The average Bonchev–Trinajstić information content (AvgIpc) is 2.98. The molecule has 1 aliphatic rings. The lowest BCUT2D eigenvalue weighted by Crippen LogP contribution is -2.34. The van der Waals surface area contributed by atoms with Crippen molar-refractivity contribution in [3.05, 3.63) is 53.6 Å². The fourth-order valence-electron chi connectivity index (χ4n) is 3.65. The van der Waals surface area contributed by atoms with Gasteiger partial charge in [0.05, 0.1) is 0 Å². The maximum atomic E-state index is 4.51. The highest BCUT2D eigenvalue weighted by Gasteiger charge is 2.20.